The van der Waals surface area contributed by atoms with Gasteiger partial charge in [-0.1, -0.05) is 28.1 Å². The molecule has 1 fully saturated rings. The molecular formula is C16H16BrN3O3. The highest BCUT2D eigenvalue weighted by Gasteiger charge is 2.30. The number of halogens is 1. The number of anilines is 1. The molecule has 3 rings (SSSR count). The number of carbonyl (C=O) groups excluding carboxylic acids is 1. The van der Waals surface area contributed by atoms with E-state index in [-0.39, 0.29) is 23.6 Å². The van der Waals surface area contributed by atoms with Crippen LogP contribution in [0.1, 0.15) is 42.9 Å². The minimum absolute atomic E-state index is 0.222. The Labute approximate surface area is 141 Å². The summed E-state index contributed by atoms with van der Waals surface area (Å²) in [5.74, 6) is -0.0831. The summed E-state index contributed by atoms with van der Waals surface area (Å²) in [4.78, 5) is 23.6. The second kappa shape index (κ2) is 6.16. The Bertz CT molecular complexity index is 768. The summed E-state index contributed by atoms with van der Waals surface area (Å²) in [6.45, 7) is 1.80. The lowest BCUT2D eigenvalue weighted by Gasteiger charge is -2.11. The maximum atomic E-state index is 12.4. The molecule has 1 heterocycles. The zero-order chi connectivity index (χ0) is 16.6. The van der Waals surface area contributed by atoms with E-state index in [1.54, 1.807) is 13.0 Å². The Morgan fingerprint density at radius 2 is 2.13 bits per heavy atom. The van der Waals surface area contributed by atoms with Gasteiger partial charge < -0.3 is 10.4 Å². The molecule has 0 bridgehead atoms. The van der Waals surface area contributed by atoms with E-state index in [1.807, 2.05) is 24.3 Å². The summed E-state index contributed by atoms with van der Waals surface area (Å²) in [5, 5.41) is 15.9. The molecule has 1 aliphatic carbocycles. The molecule has 1 aromatic carbocycles. The molecule has 2 aromatic rings. The molecule has 1 atom stereocenters. The first-order valence-electron chi connectivity index (χ1n) is 7.35. The Morgan fingerprint density at radius 1 is 1.39 bits per heavy atom. The van der Waals surface area contributed by atoms with Gasteiger partial charge in [0, 0.05) is 16.5 Å². The molecule has 6 nitrogen and oxygen atoms in total. The molecule has 7 heteroatoms. The molecule has 120 valence electrons. The standard InChI is InChI=1S/C16H16BrN3O3/c1-9(11-3-2-4-12(17)7-11)15(21)18-14-8-13(10-5-6-10)20(19-14)16(22)23/h2-4,7-10H,5-6H2,1H3,(H,22,23)(H,18,19,21)/t9-/m0/s1. The van der Waals surface area contributed by atoms with Gasteiger partial charge in [0.2, 0.25) is 5.91 Å². The highest BCUT2D eigenvalue weighted by Crippen LogP contribution is 2.40. The zero-order valence-electron chi connectivity index (χ0n) is 12.5. The second-order valence-electron chi connectivity index (χ2n) is 5.69. The molecule has 2 N–H and O–H groups in total. The van der Waals surface area contributed by atoms with Crippen molar-refractivity contribution in [2.75, 3.05) is 5.32 Å². The van der Waals surface area contributed by atoms with E-state index < -0.39 is 6.09 Å². The van der Waals surface area contributed by atoms with Crippen molar-refractivity contribution in [1.29, 1.82) is 0 Å². The van der Waals surface area contributed by atoms with Crippen molar-refractivity contribution in [3.63, 3.8) is 0 Å². The number of carboxylic acid groups (broad SMARTS) is 1. The van der Waals surface area contributed by atoms with E-state index in [0.29, 0.717) is 5.69 Å². The molecule has 0 spiro atoms. The monoisotopic (exact) mass is 377 g/mol. The summed E-state index contributed by atoms with van der Waals surface area (Å²) in [6, 6.07) is 9.17. The number of nitrogens with zero attached hydrogens (tertiary/aromatic N) is 2. The van der Waals surface area contributed by atoms with Gasteiger partial charge in [-0.25, -0.2) is 4.79 Å². The van der Waals surface area contributed by atoms with Gasteiger partial charge in [0.15, 0.2) is 5.82 Å². The smallest absolute Gasteiger partial charge is 0.432 e. The van der Waals surface area contributed by atoms with E-state index >= 15 is 0 Å². The fraction of sp³-hybridized carbons (Fsp3) is 0.312. The van der Waals surface area contributed by atoms with Crippen molar-refractivity contribution in [2.24, 2.45) is 0 Å². The molecule has 0 aliphatic heterocycles. The van der Waals surface area contributed by atoms with Crippen LogP contribution in [0.3, 0.4) is 0 Å². The molecule has 1 aromatic heterocycles. The second-order valence-corrected chi connectivity index (χ2v) is 6.60. The number of carbonyl (C=O) groups is 2. The third-order valence-corrected chi connectivity index (χ3v) is 4.40. The fourth-order valence-corrected chi connectivity index (χ4v) is 2.86. The third kappa shape index (κ3) is 3.44. The lowest BCUT2D eigenvalue weighted by Crippen LogP contribution is -2.19. The van der Waals surface area contributed by atoms with Crippen molar-refractivity contribution in [1.82, 2.24) is 9.78 Å². The van der Waals surface area contributed by atoms with Gasteiger partial charge in [0.05, 0.1) is 11.6 Å². The summed E-state index contributed by atoms with van der Waals surface area (Å²) in [5.41, 5.74) is 1.51. The topological polar surface area (TPSA) is 84.2 Å². The van der Waals surface area contributed by atoms with Gasteiger partial charge in [-0.15, -0.1) is 5.10 Å². The van der Waals surface area contributed by atoms with Crippen molar-refractivity contribution in [2.45, 2.75) is 31.6 Å². The van der Waals surface area contributed by atoms with E-state index in [4.69, 9.17) is 0 Å². The van der Waals surface area contributed by atoms with Crippen molar-refractivity contribution in [3.8, 4) is 0 Å². The summed E-state index contributed by atoms with van der Waals surface area (Å²) in [7, 11) is 0. The molecule has 1 amide bonds. The molecule has 0 radical (unpaired) electrons. The van der Waals surface area contributed by atoms with Crippen LogP contribution in [0.4, 0.5) is 10.6 Å². The third-order valence-electron chi connectivity index (χ3n) is 3.91. The minimum atomic E-state index is -1.13. The highest BCUT2D eigenvalue weighted by molar-refractivity contribution is 9.10. The quantitative estimate of drug-likeness (QED) is 0.848. The number of nitrogens with one attached hydrogen (secondary N) is 1. The average Bonchev–Trinajstić information content (AvgIpc) is 3.27. The Hall–Kier alpha value is -2.15. The maximum absolute atomic E-state index is 12.4. The van der Waals surface area contributed by atoms with Crippen LogP contribution in [0.2, 0.25) is 0 Å². The first kappa shape index (κ1) is 15.7. The highest BCUT2D eigenvalue weighted by atomic mass is 79.9. The van der Waals surface area contributed by atoms with Gasteiger partial charge in [0.25, 0.3) is 0 Å². The predicted octanol–water partition coefficient (Wildman–Crippen LogP) is 3.79. The lowest BCUT2D eigenvalue weighted by atomic mass is 10.0. The van der Waals surface area contributed by atoms with Crippen LogP contribution >= 0.6 is 15.9 Å². The van der Waals surface area contributed by atoms with E-state index in [0.717, 1.165) is 27.6 Å². The van der Waals surface area contributed by atoms with Crippen molar-refractivity contribution < 1.29 is 14.7 Å². The molecule has 23 heavy (non-hydrogen) atoms. The molecule has 0 unspecified atom stereocenters. The normalized spacial score (nSPS) is 15.2. The number of hydrogen-bond donors (Lipinski definition) is 2. The minimum Gasteiger partial charge on any atom is -0.463 e. The SMILES string of the molecule is C[C@H](C(=O)Nc1cc(C2CC2)n(C(=O)O)n1)c1cccc(Br)c1. The van der Waals surface area contributed by atoms with Crippen LogP contribution in [0.15, 0.2) is 34.8 Å². The fourth-order valence-electron chi connectivity index (χ4n) is 2.44. The number of rotatable bonds is 4. The van der Waals surface area contributed by atoms with Crippen LogP contribution < -0.4 is 5.32 Å². The van der Waals surface area contributed by atoms with Gasteiger partial charge in [-0.3, -0.25) is 4.79 Å². The molecule has 1 aliphatic rings. The van der Waals surface area contributed by atoms with Gasteiger partial charge in [-0.05, 0) is 37.5 Å². The van der Waals surface area contributed by atoms with E-state index in [9.17, 15) is 14.7 Å². The Balaban J connectivity index is 1.77. The van der Waals surface area contributed by atoms with E-state index in [1.165, 1.54) is 0 Å². The van der Waals surface area contributed by atoms with Crippen LogP contribution in [-0.4, -0.2) is 26.9 Å². The zero-order valence-corrected chi connectivity index (χ0v) is 14.1. The van der Waals surface area contributed by atoms with Gasteiger partial charge >= 0.3 is 6.09 Å². The van der Waals surface area contributed by atoms with Crippen LogP contribution in [0.25, 0.3) is 0 Å². The molecule has 1 saturated carbocycles. The first-order chi connectivity index (χ1) is 11.0. The number of hydrogen-bond acceptors (Lipinski definition) is 3. The average molecular weight is 378 g/mol. The summed E-state index contributed by atoms with van der Waals surface area (Å²) < 4.78 is 1.86. The summed E-state index contributed by atoms with van der Waals surface area (Å²) in [6.07, 6.45) is 0.786. The van der Waals surface area contributed by atoms with Crippen LogP contribution in [-0.2, 0) is 4.79 Å². The lowest BCUT2D eigenvalue weighted by molar-refractivity contribution is -0.117. The van der Waals surface area contributed by atoms with Crippen molar-refractivity contribution >= 4 is 33.7 Å². The first-order valence-corrected chi connectivity index (χ1v) is 8.14. The van der Waals surface area contributed by atoms with Crippen molar-refractivity contribution in [3.05, 3.63) is 46.1 Å². The molecular weight excluding hydrogens is 362 g/mol. The summed E-state index contributed by atoms with van der Waals surface area (Å²) >= 11 is 3.39. The van der Waals surface area contributed by atoms with E-state index in [2.05, 4.69) is 26.3 Å². The molecule has 0 saturated heterocycles. The number of benzene rings is 1. The predicted molar refractivity (Wildman–Crippen MR) is 88.8 cm³/mol. The van der Waals surface area contributed by atoms with Crippen LogP contribution in [0, 0.1) is 0 Å². The Morgan fingerprint density at radius 3 is 2.74 bits per heavy atom. The number of amides is 1. The van der Waals surface area contributed by atoms with Gasteiger partial charge in [-0.2, -0.15) is 4.68 Å². The maximum Gasteiger partial charge on any atom is 0.432 e. The Kier molecular flexibility index (Phi) is 4.21. The number of aromatic nitrogens is 2. The largest absolute Gasteiger partial charge is 0.463 e. The van der Waals surface area contributed by atoms with Gasteiger partial charge in [0.1, 0.15) is 0 Å². The van der Waals surface area contributed by atoms with Crippen LogP contribution in [0.5, 0.6) is 0 Å².